The Hall–Kier alpha value is -3.69. The molecule has 28 heavy (non-hydrogen) atoms. The van der Waals surface area contributed by atoms with E-state index in [1.165, 1.54) is 0 Å². The largest absolute Gasteiger partial charge is 0.345 e. The maximum atomic E-state index is 13.2. The molecular formula is C18H14F2N6O2. The van der Waals surface area contributed by atoms with Gasteiger partial charge in [0.1, 0.15) is 11.6 Å². The molecule has 0 unspecified atom stereocenters. The lowest BCUT2D eigenvalue weighted by Gasteiger charge is -2.05. The third kappa shape index (κ3) is 3.43. The Morgan fingerprint density at radius 1 is 1.18 bits per heavy atom. The van der Waals surface area contributed by atoms with E-state index in [4.69, 9.17) is 4.52 Å². The number of halogens is 2. The number of pyridine rings is 1. The van der Waals surface area contributed by atoms with Crippen molar-refractivity contribution in [2.45, 2.75) is 19.9 Å². The van der Waals surface area contributed by atoms with Gasteiger partial charge in [0.2, 0.25) is 0 Å². The van der Waals surface area contributed by atoms with Crippen molar-refractivity contribution in [2.75, 3.05) is 0 Å². The molecule has 1 amide bonds. The van der Waals surface area contributed by atoms with Crippen LogP contribution in [-0.4, -0.2) is 30.6 Å². The van der Waals surface area contributed by atoms with Crippen LogP contribution in [0.25, 0.3) is 17.1 Å². The van der Waals surface area contributed by atoms with Gasteiger partial charge in [0.25, 0.3) is 11.8 Å². The minimum atomic E-state index is -0.821. The molecule has 3 aromatic heterocycles. The van der Waals surface area contributed by atoms with Crippen molar-refractivity contribution in [3.05, 3.63) is 65.4 Å². The number of carbonyl (C=O) groups excluding carboxylic acids is 1. The molecule has 1 N–H and O–H groups in total. The van der Waals surface area contributed by atoms with E-state index in [1.54, 1.807) is 22.7 Å². The second-order valence-electron chi connectivity index (χ2n) is 5.97. The molecule has 0 saturated heterocycles. The number of aryl methyl sites for hydroxylation is 1. The summed E-state index contributed by atoms with van der Waals surface area (Å²) in [5.41, 5.74) is 1.10. The summed E-state index contributed by atoms with van der Waals surface area (Å²) in [4.78, 5) is 16.4. The van der Waals surface area contributed by atoms with E-state index in [1.807, 2.05) is 6.92 Å². The van der Waals surface area contributed by atoms with E-state index in [0.717, 1.165) is 12.1 Å². The van der Waals surface area contributed by atoms with Crippen LogP contribution in [0.3, 0.4) is 0 Å². The van der Waals surface area contributed by atoms with Crippen LogP contribution in [-0.2, 0) is 13.0 Å². The molecule has 3 heterocycles. The zero-order valence-corrected chi connectivity index (χ0v) is 14.7. The van der Waals surface area contributed by atoms with Crippen LogP contribution >= 0.6 is 0 Å². The van der Waals surface area contributed by atoms with Crippen molar-refractivity contribution >= 4 is 11.6 Å². The highest BCUT2D eigenvalue weighted by molar-refractivity contribution is 5.94. The average Bonchev–Trinajstić information content (AvgIpc) is 3.31. The van der Waals surface area contributed by atoms with Gasteiger partial charge in [-0.15, -0.1) is 10.2 Å². The number of fused-ring (bicyclic) bond motifs is 1. The predicted molar refractivity (Wildman–Crippen MR) is 93.2 cm³/mol. The summed E-state index contributed by atoms with van der Waals surface area (Å²) in [7, 11) is 0. The quantitative estimate of drug-likeness (QED) is 0.568. The van der Waals surface area contributed by atoms with Gasteiger partial charge in [-0.2, -0.15) is 4.98 Å². The van der Waals surface area contributed by atoms with Crippen molar-refractivity contribution in [3.63, 3.8) is 0 Å². The Kier molecular flexibility index (Phi) is 4.52. The van der Waals surface area contributed by atoms with Gasteiger partial charge in [-0.05, 0) is 24.3 Å². The first-order valence-corrected chi connectivity index (χ1v) is 8.44. The summed E-state index contributed by atoms with van der Waals surface area (Å²) in [5, 5.41) is 14.5. The minimum absolute atomic E-state index is 0.0258. The molecule has 10 heteroatoms. The maximum Gasteiger partial charge on any atom is 0.258 e. The van der Waals surface area contributed by atoms with Crippen molar-refractivity contribution in [2.24, 2.45) is 0 Å². The number of nitrogens with one attached hydrogen (secondary N) is 1. The highest BCUT2D eigenvalue weighted by Crippen LogP contribution is 2.19. The van der Waals surface area contributed by atoms with Gasteiger partial charge in [0.05, 0.1) is 6.54 Å². The van der Waals surface area contributed by atoms with Crippen LogP contribution in [0.15, 0.2) is 41.1 Å². The van der Waals surface area contributed by atoms with Crippen molar-refractivity contribution in [1.82, 2.24) is 30.1 Å². The number of amides is 1. The Morgan fingerprint density at radius 2 is 1.96 bits per heavy atom. The first-order chi connectivity index (χ1) is 13.5. The normalized spacial score (nSPS) is 11.1. The van der Waals surface area contributed by atoms with Crippen LogP contribution in [0.5, 0.6) is 0 Å². The number of rotatable bonds is 5. The van der Waals surface area contributed by atoms with Crippen molar-refractivity contribution < 1.29 is 18.1 Å². The Labute approximate surface area is 157 Å². The molecule has 4 aromatic rings. The molecule has 1 aromatic carbocycles. The third-order valence-electron chi connectivity index (χ3n) is 4.04. The maximum absolute atomic E-state index is 13.2. The molecule has 0 radical (unpaired) electrons. The first kappa shape index (κ1) is 17.7. The summed E-state index contributed by atoms with van der Waals surface area (Å²) < 4.78 is 33.4. The summed E-state index contributed by atoms with van der Waals surface area (Å²) in [6, 6.07) is 6.11. The van der Waals surface area contributed by atoms with Gasteiger partial charge in [-0.1, -0.05) is 12.1 Å². The highest BCUT2D eigenvalue weighted by atomic mass is 19.1. The molecule has 0 saturated carbocycles. The lowest BCUT2D eigenvalue weighted by atomic mass is 10.2. The van der Waals surface area contributed by atoms with Crippen LogP contribution in [0, 0.1) is 11.6 Å². The SMILES string of the molecule is CCc1noc(-c2ccn3c(CNC(=O)c4cc(F)cc(F)c4)nnc3c2)n1. The van der Waals surface area contributed by atoms with E-state index in [9.17, 15) is 13.6 Å². The van der Waals surface area contributed by atoms with Crippen LogP contribution in [0.2, 0.25) is 0 Å². The monoisotopic (exact) mass is 384 g/mol. The summed E-state index contributed by atoms with van der Waals surface area (Å²) in [6.07, 6.45) is 2.37. The van der Waals surface area contributed by atoms with Gasteiger partial charge in [-0.3, -0.25) is 9.20 Å². The number of hydrogen-bond acceptors (Lipinski definition) is 6. The molecule has 0 bridgehead atoms. The van der Waals surface area contributed by atoms with Gasteiger partial charge in [0, 0.05) is 29.8 Å². The zero-order valence-electron chi connectivity index (χ0n) is 14.7. The second kappa shape index (κ2) is 7.14. The van der Waals surface area contributed by atoms with Gasteiger partial charge >= 0.3 is 0 Å². The molecule has 0 aliphatic heterocycles. The standard InChI is InChI=1S/C18H14F2N6O2/c1-2-14-22-18(28-25-14)10-3-4-26-15(7-10)23-24-16(26)9-21-17(27)11-5-12(19)8-13(20)6-11/h3-8H,2,9H2,1H3,(H,21,27). The van der Waals surface area contributed by atoms with E-state index < -0.39 is 17.5 Å². The molecule has 8 nitrogen and oxygen atoms in total. The number of carbonyl (C=O) groups is 1. The van der Waals surface area contributed by atoms with Crippen molar-refractivity contribution in [3.8, 4) is 11.5 Å². The fourth-order valence-corrected chi connectivity index (χ4v) is 2.66. The Morgan fingerprint density at radius 3 is 2.68 bits per heavy atom. The number of nitrogens with zero attached hydrogens (tertiary/aromatic N) is 5. The lowest BCUT2D eigenvalue weighted by molar-refractivity contribution is 0.0949. The number of benzene rings is 1. The van der Waals surface area contributed by atoms with Gasteiger partial charge in [0.15, 0.2) is 17.3 Å². The zero-order chi connectivity index (χ0) is 19.7. The molecule has 0 aliphatic rings. The molecule has 142 valence electrons. The molecule has 0 aliphatic carbocycles. The fraction of sp³-hybridized carbons (Fsp3) is 0.167. The van der Waals surface area contributed by atoms with E-state index in [2.05, 4.69) is 25.7 Å². The van der Waals surface area contributed by atoms with E-state index >= 15 is 0 Å². The van der Waals surface area contributed by atoms with Crippen LogP contribution < -0.4 is 5.32 Å². The topological polar surface area (TPSA) is 98.2 Å². The van der Waals surface area contributed by atoms with Crippen molar-refractivity contribution in [1.29, 1.82) is 0 Å². The Balaban J connectivity index is 1.52. The average molecular weight is 384 g/mol. The molecule has 0 spiro atoms. The number of aromatic nitrogens is 5. The van der Waals surface area contributed by atoms with E-state index in [0.29, 0.717) is 41.2 Å². The lowest BCUT2D eigenvalue weighted by Crippen LogP contribution is -2.24. The fourth-order valence-electron chi connectivity index (χ4n) is 2.66. The minimum Gasteiger partial charge on any atom is -0.345 e. The van der Waals surface area contributed by atoms with Gasteiger partial charge in [-0.25, -0.2) is 8.78 Å². The molecular weight excluding hydrogens is 370 g/mol. The first-order valence-electron chi connectivity index (χ1n) is 8.44. The van der Waals surface area contributed by atoms with E-state index in [-0.39, 0.29) is 12.1 Å². The van der Waals surface area contributed by atoms with Gasteiger partial charge < -0.3 is 9.84 Å². The van der Waals surface area contributed by atoms with Crippen LogP contribution in [0.1, 0.15) is 28.9 Å². The molecule has 4 rings (SSSR count). The third-order valence-corrected chi connectivity index (χ3v) is 4.04. The summed E-state index contributed by atoms with van der Waals surface area (Å²) in [6.45, 7) is 1.95. The number of hydrogen-bond donors (Lipinski definition) is 1. The highest BCUT2D eigenvalue weighted by Gasteiger charge is 2.13. The summed E-state index contributed by atoms with van der Waals surface area (Å²) in [5.74, 6) is -0.828. The molecule has 0 fully saturated rings. The second-order valence-corrected chi connectivity index (χ2v) is 5.97. The van der Waals surface area contributed by atoms with Crippen LogP contribution in [0.4, 0.5) is 8.78 Å². The smallest absolute Gasteiger partial charge is 0.258 e. The molecule has 0 atom stereocenters. The predicted octanol–water partition coefficient (Wildman–Crippen LogP) is 2.55. The Bertz CT molecular complexity index is 1150. The summed E-state index contributed by atoms with van der Waals surface area (Å²) >= 11 is 0.